The van der Waals surface area contributed by atoms with Crippen molar-refractivity contribution in [1.82, 2.24) is 15.2 Å². The lowest BCUT2D eigenvalue weighted by Gasteiger charge is -2.55. The van der Waals surface area contributed by atoms with E-state index in [0.29, 0.717) is 23.3 Å². The summed E-state index contributed by atoms with van der Waals surface area (Å²) >= 11 is 0. The smallest absolute Gasteiger partial charge is 0.269 e. The van der Waals surface area contributed by atoms with Gasteiger partial charge in [0.2, 0.25) is 15.9 Å². The van der Waals surface area contributed by atoms with Crippen LogP contribution < -0.4 is 10.9 Å². The van der Waals surface area contributed by atoms with E-state index in [0.717, 1.165) is 23.6 Å². The van der Waals surface area contributed by atoms with E-state index in [9.17, 15) is 18.0 Å². The number of benzene rings is 1. The predicted octanol–water partition coefficient (Wildman–Crippen LogP) is 2.22. The van der Waals surface area contributed by atoms with Gasteiger partial charge in [0.15, 0.2) is 0 Å². The third-order valence-corrected chi connectivity index (χ3v) is 8.85. The molecule has 4 aliphatic carbocycles. The Bertz CT molecular complexity index is 919. The fourth-order valence-electron chi connectivity index (χ4n) is 5.92. The molecule has 5 rings (SSSR count). The number of carbonyl (C=O) groups is 2. The largest absolute Gasteiger partial charge is 0.273 e. The van der Waals surface area contributed by atoms with Crippen LogP contribution in [0.15, 0.2) is 23.1 Å². The molecular weight excluding hydrogens is 390 g/mol. The Labute approximate surface area is 172 Å². The number of amides is 2. The summed E-state index contributed by atoms with van der Waals surface area (Å²) in [6.45, 7) is 1.74. The molecule has 0 atom stereocenters. The van der Waals surface area contributed by atoms with E-state index < -0.39 is 15.9 Å². The van der Waals surface area contributed by atoms with Gasteiger partial charge in [0.25, 0.3) is 5.91 Å². The van der Waals surface area contributed by atoms with E-state index in [1.54, 1.807) is 13.0 Å². The summed E-state index contributed by atoms with van der Waals surface area (Å²) in [5.74, 6) is 1.31. The molecule has 0 aliphatic heterocycles. The Balaban J connectivity index is 1.47. The Kier molecular flexibility index (Phi) is 4.98. The van der Waals surface area contributed by atoms with Crippen molar-refractivity contribution >= 4 is 21.8 Å². The highest BCUT2D eigenvalue weighted by molar-refractivity contribution is 7.89. The second-order valence-corrected chi connectivity index (χ2v) is 11.5. The van der Waals surface area contributed by atoms with Crippen LogP contribution in [-0.4, -0.2) is 38.6 Å². The molecule has 4 saturated carbocycles. The Morgan fingerprint density at radius 1 is 1.00 bits per heavy atom. The molecule has 1 aromatic carbocycles. The molecule has 2 N–H and O–H groups in total. The molecule has 2 amide bonds. The minimum Gasteiger partial charge on any atom is -0.273 e. The number of rotatable bonds is 4. The minimum absolute atomic E-state index is 0.0469. The number of hydrazine groups is 1. The lowest BCUT2D eigenvalue weighted by Crippen LogP contribution is -2.56. The Hall–Kier alpha value is -1.93. The molecule has 29 heavy (non-hydrogen) atoms. The zero-order valence-corrected chi connectivity index (χ0v) is 18.0. The van der Waals surface area contributed by atoms with Gasteiger partial charge in [-0.2, -0.15) is 0 Å². The Morgan fingerprint density at radius 2 is 1.55 bits per heavy atom. The van der Waals surface area contributed by atoms with E-state index in [2.05, 4.69) is 10.9 Å². The normalized spacial score (nSPS) is 30.4. The number of hydrogen-bond donors (Lipinski definition) is 2. The van der Waals surface area contributed by atoms with Crippen LogP contribution in [0.4, 0.5) is 0 Å². The molecule has 7 nitrogen and oxygen atoms in total. The van der Waals surface area contributed by atoms with Crippen molar-refractivity contribution in [2.75, 3.05) is 14.1 Å². The van der Waals surface area contributed by atoms with Gasteiger partial charge in [-0.25, -0.2) is 12.7 Å². The van der Waals surface area contributed by atoms with Crippen LogP contribution in [0.5, 0.6) is 0 Å². The third kappa shape index (κ3) is 3.57. The van der Waals surface area contributed by atoms with Crippen molar-refractivity contribution in [2.24, 2.45) is 23.2 Å². The highest BCUT2D eigenvalue weighted by atomic mass is 32.2. The maximum absolute atomic E-state index is 13.0. The van der Waals surface area contributed by atoms with Crippen LogP contribution in [0.25, 0.3) is 0 Å². The number of aryl methyl sites for hydroxylation is 1. The van der Waals surface area contributed by atoms with Gasteiger partial charge in [0.1, 0.15) is 0 Å². The third-order valence-electron chi connectivity index (χ3n) is 7.04. The molecule has 158 valence electrons. The molecule has 8 heteroatoms. The summed E-state index contributed by atoms with van der Waals surface area (Å²) in [7, 11) is -0.756. The summed E-state index contributed by atoms with van der Waals surface area (Å²) in [6, 6.07) is 4.44. The van der Waals surface area contributed by atoms with Gasteiger partial charge in [0, 0.05) is 19.7 Å². The summed E-state index contributed by atoms with van der Waals surface area (Å²) in [4.78, 5) is 25.8. The molecule has 1 aromatic rings. The number of sulfonamides is 1. The standard InChI is InChI=1S/C21H29N3O4S/c1-13-4-5-17(29(27,28)24(2)3)9-18(13)19(25)22-23-20(26)21-10-14-6-15(11-21)8-16(7-14)12-21/h4-5,9,14-16H,6-8,10-12H2,1-3H3,(H,22,25)(H,23,26). The first-order valence-corrected chi connectivity index (χ1v) is 11.7. The van der Waals surface area contributed by atoms with Gasteiger partial charge in [-0.3, -0.25) is 20.4 Å². The number of nitrogens with zero attached hydrogens (tertiary/aromatic N) is 1. The molecule has 0 unspecified atom stereocenters. The number of nitrogens with one attached hydrogen (secondary N) is 2. The van der Waals surface area contributed by atoms with Crippen molar-refractivity contribution in [2.45, 2.75) is 50.3 Å². The highest BCUT2D eigenvalue weighted by Crippen LogP contribution is 2.60. The molecule has 4 bridgehead atoms. The average Bonchev–Trinajstić information content (AvgIpc) is 2.64. The molecule has 0 aromatic heterocycles. The quantitative estimate of drug-likeness (QED) is 0.732. The van der Waals surface area contributed by atoms with Crippen LogP contribution in [0.2, 0.25) is 0 Å². The van der Waals surface area contributed by atoms with E-state index in [-0.39, 0.29) is 21.8 Å². The fourth-order valence-corrected chi connectivity index (χ4v) is 6.85. The minimum atomic E-state index is -3.65. The van der Waals surface area contributed by atoms with Crippen LogP contribution in [-0.2, 0) is 14.8 Å². The monoisotopic (exact) mass is 419 g/mol. The molecule has 4 fully saturated rings. The van der Waals surface area contributed by atoms with Crippen LogP contribution >= 0.6 is 0 Å². The summed E-state index contributed by atoms with van der Waals surface area (Å²) in [5.41, 5.74) is 5.70. The molecule has 0 spiro atoms. The summed E-state index contributed by atoms with van der Waals surface area (Å²) in [5, 5.41) is 0. The topological polar surface area (TPSA) is 95.6 Å². The second-order valence-electron chi connectivity index (χ2n) is 9.37. The van der Waals surface area contributed by atoms with E-state index in [1.165, 1.54) is 45.5 Å². The van der Waals surface area contributed by atoms with Crippen LogP contribution in [0, 0.1) is 30.1 Å². The molecule has 0 saturated heterocycles. The van der Waals surface area contributed by atoms with Gasteiger partial charge in [-0.05, 0) is 80.9 Å². The maximum atomic E-state index is 13.0. The van der Waals surface area contributed by atoms with Crippen molar-refractivity contribution in [1.29, 1.82) is 0 Å². The number of hydrogen-bond acceptors (Lipinski definition) is 4. The summed E-state index contributed by atoms with van der Waals surface area (Å²) < 4.78 is 25.8. The highest BCUT2D eigenvalue weighted by Gasteiger charge is 2.54. The molecule has 0 radical (unpaired) electrons. The van der Waals surface area contributed by atoms with Gasteiger partial charge in [-0.15, -0.1) is 0 Å². The van der Waals surface area contributed by atoms with Crippen molar-refractivity contribution in [3.05, 3.63) is 29.3 Å². The van der Waals surface area contributed by atoms with Gasteiger partial charge in [-0.1, -0.05) is 6.07 Å². The van der Waals surface area contributed by atoms with E-state index >= 15 is 0 Å². The van der Waals surface area contributed by atoms with Gasteiger partial charge in [0.05, 0.1) is 10.3 Å². The zero-order valence-electron chi connectivity index (χ0n) is 17.2. The average molecular weight is 420 g/mol. The molecule has 4 aliphatic rings. The van der Waals surface area contributed by atoms with Crippen LogP contribution in [0.1, 0.15) is 54.4 Å². The number of carbonyl (C=O) groups excluding carboxylic acids is 2. The first kappa shape index (κ1) is 20.3. The van der Waals surface area contributed by atoms with Crippen molar-refractivity contribution < 1.29 is 18.0 Å². The van der Waals surface area contributed by atoms with Crippen LogP contribution in [0.3, 0.4) is 0 Å². The zero-order chi connectivity index (χ0) is 21.0. The maximum Gasteiger partial charge on any atom is 0.269 e. The second kappa shape index (κ2) is 7.09. The first-order valence-electron chi connectivity index (χ1n) is 10.2. The lowest BCUT2D eigenvalue weighted by atomic mass is 9.49. The molecular formula is C21H29N3O4S. The van der Waals surface area contributed by atoms with Gasteiger partial charge >= 0.3 is 0 Å². The molecule has 0 heterocycles. The van der Waals surface area contributed by atoms with E-state index in [1.807, 2.05) is 0 Å². The van der Waals surface area contributed by atoms with Gasteiger partial charge < -0.3 is 0 Å². The predicted molar refractivity (Wildman–Crippen MR) is 108 cm³/mol. The fraction of sp³-hybridized carbons (Fsp3) is 0.619. The lowest BCUT2D eigenvalue weighted by molar-refractivity contribution is -0.147. The first-order chi connectivity index (χ1) is 13.6. The Morgan fingerprint density at radius 3 is 2.07 bits per heavy atom. The van der Waals surface area contributed by atoms with Crippen molar-refractivity contribution in [3.8, 4) is 0 Å². The summed E-state index contributed by atoms with van der Waals surface area (Å²) in [6.07, 6.45) is 6.46. The SMILES string of the molecule is Cc1ccc(S(=O)(=O)N(C)C)cc1C(=O)NNC(=O)C12CC3CC(CC(C3)C1)C2. The van der Waals surface area contributed by atoms with Crippen molar-refractivity contribution in [3.63, 3.8) is 0 Å². The van der Waals surface area contributed by atoms with E-state index in [4.69, 9.17) is 0 Å².